The molecule has 2 rings (SSSR count). The van der Waals surface area contributed by atoms with Gasteiger partial charge in [-0.2, -0.15) is 0 Å². The number of nitrogens with one attached hydrogen (secondary N) is 1. The first kappa shape index (κ1) is 15.5. The summed E-state index contributed by atoms with van der Waals surface area (Å²) < 4.78 is 6.01. The number of ether oxygens (including phenoxy) is 1. The van der Waals surface area contributed by atoms with Crippen LogP contribution >= 0.6 is 0 Å². The van der Waals surface area contributed by atoms with Crippen LogP contribution in [0.1, 0.15) is 45.2 Å². The second kappa shape index (κ2) is 6.23. The van der Waals surface area contributed by atoms with E-state index < -0.39 is 0 Å². The van der Waals surface area contributed by atoms with Crippen molar-refractivity contribution in [2.75, 3.05) is 6.61 Å². The molecule has 0 radical (unpaired) electrons. The fourth-order valence-corrected chi connectivity index (χ4v) is 2.76. The zero-order valence-corrected chi connectivity index (χ0v) is 13.4. The number of aromatic nitrogens is 1. The molecule has 0 bridgehead atoms. The molecule has 1 fully saturated rings. The Kier molecular flexibility index (Phi) is 4.82. The lowest BCUT2D eigenvalue weighted by molar-refractivity contribution is -0.124. The van der Waals surface area contributed by atoms with Gasteiger partial charge in [0.1, 0.15) is 0 Å². The van der Waals surface area contributed by atoms with Crippen LogP contribution in [-0.2, 0) is 11.3 Å². The molecule has 1 N–H and O–H groups in total. The average Bonchev–Trinajstić information content (AvgIpc) is 2.38. The van der Waals surface area contributed by atoms with Gasteiger partial charge in [-0.05, 0) is 36.5 Å². The summed E-state index contributed by atoms with van der Waals surface area (Å²) in [5.74, 6) is 0.609. The molecule has 0 saturated heterocycles. The molecule has 1 saturated carbocycles. The zero-order valence-electron chi connectivity index (χ0n) is 13.4. The lowest BCUT2D eigenvalue weighted by Gasteiger charge is -2.52. The van der Waals surface area contributed by atoms with E-state index in [0.717, 1.165) is 19.6 Å². The molecule has 112 valence electrons. The highest BCUT2D eigenvalue weighted by atomic mass is 16.5. The van der Waals surface area contributed by atoms with E-state index in [2.05, 4.69) is 51.0 Å². The van der Waals surface area contributed by atoms with Gasteiger partial charge in [0.25, 0.3) is 0 Å². The Morgan fingerprint density at radius 1 is 1.45 bits per heavy atom. The minimum atomic E-state index is 0.218. The molecule has 1 aliphatic rings. The number of hydrogen-bond acceptors (Lipinski definition) is 3. The van der Waals surface area contributed by atoms with E-state index in [1.165, 1.54) is 11.1 Å². The van der Waals surface area contributed by atoms with Gasteiger partial charge in [0.15, 0.2) is 0 Å². The molecular weight excluding hydrogens is 248 g/mol. The summed E-state index contributed by atoms with van der Waals surface area (Å²) in [6, 6.07) is 2.63. The van der Waals surface area contributed by atoms with Crippen molar-refractivity contribution in [3.63, 3.8) is 0 Å². The first-order valence-corrected chi connectivity index (χ1v) is 7.65. The monoisotopic (exact) mass is 276 g/mol. The van der Waals surface area contributed by atoms with Crippen LogP contribution in [-0.4, -0.2) is 23.7 Å². The van der Waals surface area contributed by atoms with Crippen molar-refractivity contribution < 1.29 is 4.74 Å². The lowest BCUT2D eigenvalue weighted by atomic mass is 9.64. The molecule has 0 amide bonds. The molecule has 3 heteroatoms. The minimum absolute atomic E-state index is 0.218. The highest BCUT2D eigenvalue weighted by molar-refractivity contribution is 5.21. The van der Waals surface area contributed by atoms with Crippen molar-refractivity contribution in [1.29, 1.82) is 0 Å². The minimum Gasteiger partial charge on any atom is -0.377 e. The molecule has 20 heavy (non-hydrogen) atoms. The Balaban J connectivity index is 1.82. The fraction of sp³-hybridized carbons (Fsp3) is 0.706. The number of nitrogens with zero attached hydrogens (tertiary/aromatic N) is 1. The Bertz CT molecular complexity index is 442. The van der Waals surface area contributed by atoms with E-state index in [9.17, 15) is 0 Å². The van der Waals surface area contributed by atoms with Crippen LogP contribution in [0.4, 0.5) is 0 Å². The van der Waals surface area contributed by atoms with Crippen molar-refractivity contribution in [2.24, 2.45) is 11.3 Å². The molecule has 1 heterocycles. The average molecular weight is 276 g/mol. The Morgan fingerprint density at radius 2 is 2.20 bits per heavy atom. The third-order valence-electron chi connectivity index (χ3n) is 4.48. The summed E-state index contributed by atoms with van der Waals surface area (Å²) in [5.41, 5.74) is 2.81. The van der Waals surface area contributed by atoms with Gasteiger partial charge in [-0.15, -0.1) is 0 Å². The van der Waals surface area contributed by atoms with Crippen LogP contribution in [0.25, 0.3) is 0 Å². The van der Waals surface area contributed by atoms with Crippen LogP contribution in [0.5, 0.6) is 0 Å². The summed E-state index contributed by atoms with van der Waals surface area (Å²) in [6.45, 7) is 12.9. The maximum atomic E-state index is 6.01. The summed E-state index contributed by atoms with van der Waals surface area (Å²) in [6.07, 6.45) is 5.30. The van der Waals surface area contributed by atoms with E-state index in [0.29, 0.717) is 18.1 Å². The van der Waals surface area contributed by atoms with Crippen LogP contribution in [0, 0.1) is 18.3 Å². The Hall–Kier alpha value is -0.930. The first-order valence-electron chi connectivity index (χ1n) is 7.65. The summed E-state index contributed by atoms with van der Waals surface area (Å²) in [4.78, 5) is 4.14. The fourth-order valence-electron chi connectivity index (χ4n) is 2.76. The van der Waals surface area contributed by atoms with E-state index in [4.69, 9.17) is 4.74 Å². The van der Waals surface area contributed by atoms with E-state index in [1.807, 2.05) is 12.4 Å². The van der Waals surface area contributed by atoms with Crippen LogP contribution < -0.4 is 5.32 Å². The van der Waals surface area contributed by atoms with Crippen molar-refractivity contribution >= 4 is 0 Å². The van der Waals surface area contributed by atoms with Gasteiger partial charge in [0, 0.05) is 37.0 Å². The molecule has 1 aliphatic carbocycles. The van der Waals surface area contributed by atoms with Gasteiger partial charge in [-0.3, -0.25) is 4.98 Å². The zero-order chi connectivity index (χ0) is 14.8. The standard InChI is InChI=1S/C17H28N2O/c1-12(2)11-20-16-8-15(17(16,4)5)19-10-14-6-7-18-9-13(14)3/h6-7,9,12,15-16,19H,8,10-11H2,1-5H3. The second-order valence-corrected chi connectivity index (χ2v) is 7.01. The number of pyridine rings is 1. The topological polar surface area (TPSA) is 34.2 Å². The van der Waals surface area contributed by atoms with Crippen molar-refractivity contribution in [2.45, 2.75) is 59.7 Å². The molecule has 2 atom stereocenters. The number of hydrogen-bond donors (Lipinski definition) is 1. The smallest absolute Gasteiger partial charge is 0.0656 e. The molecule has 2 unspecified atom stereocenters. The molecule has 1 aromatic rings. The van der Waals surface area contributed by atoms with E-state index >= 15 is 0 Å². The molecule has 0 aliphatic heterocycles. The van der Waals surface area contributed by atoms with Crippen molar-refractivity contribution in [3.05, 3.63) is 29.6 Å². The highest BCUT2D eigenvalue weighted by Crippen LogP contribution is 2.43. The van der Waals surface area contributed by atoms with Gasteiger partial charge in [-0.1, -0.05) is 27.7 Å². The second-order valence-electron chi connectivity index (χ2n) is 7.01. The number of aryl methyl sites for hydroxylation is 1. The van der Waals surface area contributed by atoms with Gasteiger partial charge >= 0.3 is 0 Å². The molecule has 1 aromatic heterocycles. The predicted octanol–water partition coefficient (Wildman–Crippen LogP) is 3.32. The van der Waals surface area contributed by atoms with Crippen LogP contribution in [0.2, 0.25) is 0 Å². The molecule has 0 aromatic carbocycles. The van der Waals surface area contributed by atoms with Gasteiger partial charge < -0.3 is 10.1 Å². The van der Waals surface area contributed by atoms with Gasteiger partial charge in [-0.25, -0.2) is 0 Å². The highest BCUT2D eigenvalue weighted by Gasteiger charge is 2.48. The largest absolute Gasteiger partial charge is 0.377 e. The van der Waals surface area contributed by atoms with Crippen molar-refractivity contribution in [1.82, 2.24) is 10.3 Å². The van der Waals surface area contributed by atoms with Gasteiger partial charge in [0.05, 0.1) is 6.10 Å². The Labute approximate surface area is 123 Å². The third kappa shape index (κ3) is 3.39. The number of rotatable bonds is 6. The summed E-state index contributed by atoms with van der Waals surface area (Å²) in [5, 5.41) is 3.68. The lowest BCUT2D eigenvalue weighted by Crippen LogP contribution is -2.60. The maximum absolute atomic E-state index is 6.01. The predicted molar refractivity (Wildman–Crippen MR) is 82.6 cm³/mol. The first-order chi connectivity index (χ1) is 9.41. The van der Waals surface area contributed by atoms with Crippen LogP contribution in [0.15, 0.2) is 18.5 Å². The van der Waals surface area contributed by atoms with E-state index in [1.54, 1.807) is 0 Å². The normalized spacial score (nSPS) is 24.7. The summed E-state index contributed by atoms with van der Waals surface area (Å²) in [7, 11) is 0. The van der Waals surface area contributed by atoms with Crippen LogP contribution in [0.3, 0.4) is 0 Å². The Morgan fingerprint density at radius 3 is 2.80 bits per heavy atom. The SMILES string of the molecule is Cc1cnccc1CNC1CC(OCC(C)C)C1(C)C. The maximum Gasteiger partial charge on any atom is 0.0656 e. The third-order valence-corrected chi connectivity index (χ3v) is 4.48. The molecule has 0 spiro atoms. The van der Waals surface area contributed by atoms with Crippen molar-refractivity contribution in [3.8, 4) is 0 Å². The van der Waals surface area contributed by atoms with E-state index in [-0.39, 0.29) is 5.41 Å². The van der Waals surface area contributed by atoms with Gasteiger partial charge in [0.2, 0.25) is 0 Å². The molecular formula is C17H28N2O. The quantitative estimate of drug-likeness (QED) is 0.865. The molecule has 3 nitrogen and oxygen atoms in total. The summed E-state index contributed by atoms with van der Waals surface area (Å²) >= 11 is 0.